The largest absolute Gasteiger partial charge is 0.496 e. The molecule has 112 valence electrons. The van der Waals surface area contributed by atoms with E-state index in [-0.39, 0.29) is 0 Å². The lowest BCUT2D eigenvalue weighted by Gasteiger charge is -2.45. The number of hydrogen-bond donors (Lipinski definition) is 1. The highest BCUT2D eigenvalue weighted by Gasteiger charge is 2.42. The van der Waals surface area contributed by atoms with Crippen LogP contribution in [0.1, 0.15) is 45.6 Å². The van der Waals surface area contributed by atoms with E-state index in [1.165, 1.54) is 6.42 Å². The van der Waals surface area contributed by atoms with Crippen LogP contribution in [-0.2, 0) is 6.42 Å². The molecule has 1 aromatic rings. The normalized spacial score (nSPS) is 30.5. The van der Waals surface area contributed by atoms with Crippen LogP contribution in [0.15, 0.2) is 24.3 Å². The average molecular weight is 276 g/mol. The van der Waals surface area contributed by atoms with Gasteiger partial charge in [-0.1, -0.05) is 45.4 Å². The third-order valence-corrected chi connectivity index (χ3v) is 4.86. The van der Waals surface area contributed by atoms with Crippen LogP contribution in [0.4, 0.5) is 0 Å². The monoisotopic (exact) mass is 276 g/mol. The van der Waals surface area contributed by atoms with Crippen LogP contribution in [0.2, 0.25) is 0 Å². The fourth-order valence-electron chi connectivity index (χ4n) is 3.93. The van der Waals surface area contributed by atoms with E-state index in [9.17, 15) is 5.11 Å². The molecule has 0 saturated heterocycles. The van der Waals surface area contributed by atoms with Crippen molar-refractivity contribution in [3.05, 3.63) is 29.8 Å². The minimum Gasteiger partial charge on any atom is -0.496 e. The van der Waals surface area contributed by atoms with Gasteiger partial charge in [0.15, 0.2) is 0 Å². The summed E-state index contributed by atoms with van der Waals surface area (Å²) in [7, 11) is 1.70. The molecular weight excluding hydrogens is 248 g/mol. The highest BCUT2D eigenvalue weighted by atomic mass is 16.5. The Balaban J connectivity index is 2.26. The van der Waals surface area contributed by atoms with Crippen molar-refractivity contribution in [3.8, 4) is 5.75 Å². The van der Waals surface area contributed by atoms with Gasteiger partial charge in [0.05, 0.1) is 12.7 Å². The molecule has 0 aromatic heterocycles. The molecule has 0 spiro atoms. The molecule has 0 heterocycles. The number of benzene rings is 1. The average Bonchev–Trinajstić information content (AvgIpc) is 2.38. The molecule has 2 heteroatoms. The van der Waals surface area contributed by atoms with E-state index in [0.29, 0.717) is 24.2 Å². The standard InChI is InChI=1S/C18H28O2/c1-13(2)16-10-9-14(3)11-18(16,19)12-15-7-5-6-8-17(15)20-4/h5-8,13-14,16,19H,9-12H2,1-4H3. The minimum absolute atomic E-state index is 0.378. The molecule has 1 aromatic carbocycles. The lowest BCUT2D eigenvalue weighted by atomic mass is 9.65. The fourth-order valence-corrected chi connectivity index (χ4v) is 3.93. The molecule has 3 atom stereocenters. The molecule has 1 aliphatic rings. The Morgan fingerprint density at radius 1 is 1.30 bits per heavy atom. The third-order valence-electron chi connectivity index (χ3n) is 4.86. The van der Waals surface area contributed by atoms with Gasteiger partial charge in [-0.3, -0.25) is 0 Å². The summed E-state index contributed by atoms with van der Waals surface area (Å²) in [5, 5.41) is 11.3. The summed E-state index contributed by atoms with van der Waals surface area (Å²) in [6.45, 7) is 6.71. The summed E-state index contributed by atoms with van der Waals surface area (Å²) in [5.41, 5.74) is 0.526. The van der Waals surface area contributed by atoms with E-state index in [0.717, 1.165) is 24.2 Å². The van der Waals surface area contributed by atoms with Crippen LogP contribution in [0.3, 0.4) is 0 Å². The Morgan fingerprint density at radius 3 is 2.65 bits per heavy atom. The maximum absolute atomic E-state index is 11.3. The molecular formula is C18H28O2. The van der Waals surface area contributed by atoms with Gasteiger partial charge in [-0.2, -0.15) is 0 Å². The number of methoxy groups -OCH3 is 1. The lowest BCUT2D eigenvalue weighted by Crippen LogP contribution is -2.47. The van der Waals surface area contributed by atoms with Crippen molar-refractivity contribution < 1.29 is 9.84 Å². The van der Waals surface area contributed by atoms with Crippen LogP contribution in [0, 0.1) is 17.8 Å². The first kappa shape index (κ1) is 15.4. The van der Waals surface area contributed by atoms with Crippen LogP contribution in [-0.4, -0.2) is 17.8 Å². The maximum Gasteiger partial charge on any atom is 0.122 e. The zero-order chi connectivity index (χ0) is 14.8. The Hall–Kier alpha value is -1.02. The molecule has 2 rings (SSSR count). The Morgan fingerprint density at radius 2 is 2.00 bits per heavy atom. The highest BCUT2D eigenvalue weighted by molar-refractivity contribution is 5.34. The Bertz CT molecular complexity index is 441. The zero-order valence-electron chi connectivity index (χ0n) is 13.2. The van der Waals surface area contributed by atoms with Crippen LogP contribution < -0.4 is 4.74 Å². The molecule has 0 bridgehead atoms. The second kappa shape index (κ2) is 6.17. The Labute approximate surface area is 123 Å². The van der Waals surface area contributed by atoms with Gasteiger partial charge >= 0.3 is 0 Å². The van der Waals surface area contributed by atoms with Gasteiger partial charge < -0.3 is 9.84 Å². The SMILES string of the molecule is COc1ccccc1CC1(O)CC(C)CCC1C(C)C. The lowest BCUT2D eigenvalue weighted by molar-refractivity contribution is -0.0797. The van der Waals surface area contributed by atoms with Crippen LogP contribution >= 0.6 is 0 Å². The van der Waals surface area contributed by atoms with Crippen molar-refractivity contribution in [1.82, 2.24) is 0 Å². The summed E-state index contributed by atoms with van der Waals surface area (Å²) < 4.78 is 5.44. The summed E-state index contributed by atoms with van der Waals surface area (Å²) in [6, 6.07) is 8.07. The summed E-state index contributed by atoms with van der Waals surface area (Å²) in [6.07, 6.45) is 3.96. The van der Waals surface area contributed by atoms with Gasteiger partial charge in [0.2, 0.25) is 0 Å². The molecule has 1 aliphatic carbocycles. The first-order valence-corrected chi connectivity index (χ1v) is 7.80. The van der Waals surface area contributed by atoms with E-state index < -0.39 is 5.60 Å². The predicted octanol–water partition coefficient (Wildman–Crippen LogP) is 4.06. The molecule has 1 N–H and O–H groups in total. The van der Waals surface area contributed by atoms with Gasteiger partial charge in [-0.15, -0.1) is 0 Å². The van der Waals surface area contributed by atoms with Crippen molar-refractivity contribution in [2.45, 2.75) is 52.1 Å². The second-order valence-electron chi connectivity index (χ2n) is 6.83. The van der Waals surface area contributed by atoms with Crippen molar-refractivity contribution >= 4 is 0 Å². The summed E-state index contributed by atoms with van der Waals surface area (Å²) in [5.74, 6) is 2.39. The number of aliphatic hydroxyl groups is 1. The summed E-state index contributed by atoms with van der Waals surface area (Å²) >= 11 is 0. The topological polar surface area (TPSA) is 29.5 Å². The quantitative estimate of drug-likeness (QED) is 0.898. The van der Waals surface area contributed by atoms with E-state index in [1.807, 2.05) is 18.2 Å². The second-order valence-corrected chi connectivity index (χ2v) is 6.83. The number of rotatable bonds is 4. The van der Waals surface area contributed by atoms with Crippen LogP contribution in [0.5, 0.6) is 5.75 Å². The molecule has 0 amide bonds. The molecule has 2 nitrogen and oxygen atoms in total. The molecule has 0 aliphatic heterocycles. The van der Waals surface area contributed by atoms with E-state index in [1.54, 1.807) is 7.11 Å². The predicted molar refractivity (Wildman–Crippen MR) is 83.0 cm³/mol. The van der Waals surface area contributed by atoms with Crippen molar-refractivity contribution in [3.63, 3.8) is 0 Å². The fraction of sp³-hybridized carbons (Fsp3) is 0.667. The zero-order valence-corrected chi connectivity index (χ0v) is 13.2. The minimum atomic E-state index is -0.597. The molecule has 20 heavy (non-hydrogen) atoms. The maximum atomic E-state index is 11.3. The number of hydrogen-bond acceptors (Lipinski definition) is 2. The van der Waals surface area contributed by atoms with Crippen molar-refractivity contribution in [2.75, 3.05) is 7.11 Å². The van der Waals surface area contributed by atoms with E-state index >= 15 is 0 Å². The van der Waals surface area contributed by atoms with Gasteiger partial charge in [0, 0.05) is 6.42 Å². The van der Waals surface area contributed by atoms with Gasteiger partial charge in [-0.05, 0) is 42.2 Å². The Kier molecular flexibility index (Phi) is 4.74. The first-order chi connectivity index (χ1) is 9.46. The van der Waals surface area contributed by atoms with Crippen LogP contribution in [0.25, 0.3) is 0 Å². The molecule has 1 fully saturated rings. The van der Waals surface area contributed by atoms with E-state index in [2.05, 4.69) is 26.8 Å². The van der Waals surface area contributed by atoms with Crippen molar-refractivity contribution in [1.29, 1.82) is 0 Å². The first-order valence-electron chi connectivity index (χ1n) is 7.80. The van der Waals surface area contributed by atoms with Gasteiger partial charge in [0.25, 0.3) is 0 Å². The van der Waals surface area contributed by atoms with Gasteiger partial charge in [0.1, 0.15) is 5.75 Å². The molecule has 0 radical (unpaired) electrons. The molecule has 1 saturated carbocycles. The summed E-state index contributed by atoms with van der Waals surface area (Å²) in [4.78, 5) is 0. The van der Waals surface area contributed by atoms with Crippen molar-refractivity contribution in [2.24, 2.45) is 17.8 Å². The number of ether oxygens (including phenoxy) is 1. The smallest absolute Gasteiger partial charge is 0.122 e. The number of para-hydroxylation sites is 1. The van der Waals surface area contributed by atoms with Gasteiger partial charge in [-0.25, -0.2) is 0 Å². The van der Waals surface area contributed by atoms with E-state index in [4.69, 9.17) is 4.74 Å². The molecule has 3 unspecified atom stereocenters. The highest BCUT2D eigenvalue weighted by Crippen LogP contribution is 2.43. The third kappa shape index (κ3) is 3.17.